The van der Waals surface area contributed by atoms with Crippen molar-refractivity contribution in [1.29, 1.82) is 0 Å². The number of hydrogen-bond donors (Lipinski definition) is 3. The number of hydrazine groups is 1. The lowest BCUT2D eigenvalue weighted by Crippen LogP contribution is -2.23. The van der Waals surface area contributed by atoms with Crippen molar-refractivity contribution in [3.05, 3.63) is 41.4 Å². The first kappa shape index (κ1) is 13.0. The molecule has 0 spiro atoms. The molecule has 0 radical (unpaired) electrons. The highest BCUT2D eigenvalue weighted by Gasteiger charge is 2.09. The molecule has 19 heavy (non-hydrogen) atoms. The van der Waals surface area contributed by atoms with Crippen LogP contribution in [0.3, 0.4) is 0 Å². The van der Waals surface area contributed by atoms with Gasteiger partial charge in [-0.15, -0.1) is 0 Å². The van der Waals surface area contributed by atoms with Crippen LogP contribution in [-0.2, 0) is 13.0 Å². The number of nitrogens with one attached hydrogen (secondary N) is 2. The summed E-state index contributed by atoms with van der Waals surface area (Å²) in [7, 11) is 0. The van der Waals surface area contributed by atoms with Crippen LogP contribution in [0.1, 0.15) is 28.7 Å². The van der Waals surface area contributed by atoms with E-state index in [0.717, 1.165) is 12.1 Å². The first-order valence-electron chi connectivity index (χ1n) is 5.88. The molecule has 1 amide bonds. The zero-order valence-corrected chi connectivity index (χ0v) is 10.5. The van der Waals surface area contributed by atoms with Crippen LogP contribution in [0, 0.1) is 0 Å². The Balaban J connectivity index is 2.09. The molecule has 0 aliphatic heterocycles. The van der Waals surface area contributed by atoms with Crippen molar-refractivity contribution < 1.29 is 9.32 Å². The van der Waals surface area contributed by atoms with Crippen molar-refractivity contribution in [3.8, 4) is 0 Å². The van der Waals surface area contributed by atoms with Crippen LogP contribution in [-0.4, -0.2) is 16.0 Å². The number of nitrogen functional groups attached to an aromatic ring is 1. The van der Waals surface area contributed by atoms with E-state index in [4.69, 9.17) is 5.84 Å². The summed E-state index contributed by atoms with van der Waals surface area (Å²) in [6.07, 6.45) is 2.18. The minimum atomic E-state index is -0.211. The summed E-state index contributed by atoms with van der Waals surface area (Å²) >= 11 is 0. The normalized spacial score (nSPS) is 10.2. The molecule has 0 fully saturated rings. The fraction of sp³-hybridized carbons (Fsp3) is 0.250. The smallest absolute Gasteiger partial charge is 0.251 e. The molecular weight excluding hydrogens is 246 g/mol. The Morgan fingerprint density at radius 2 is 2.26 bits per heavy atom. The number of rotatable bonds is 5. The van der Waals surface area contributed by atoms with E-state index in [9.17, 15) is 4.79 Å². The average molecular weight is 261 g/mol. The minimum Gasteiger partial charge on any atom is -0.364 e. The summed E-state index contributed by atoms with van der Waals surface area (Å²) in [5.74, 6) is 5.58. The van der Waals surface area contributed by atoms with E-state index >= 15 is 0 Å². The number of nitrogens with two attached hydrogens (primary N) is 1. The molecular formula is C12H15N5O2. The molecule has 0 aliphatic carbocycles. The molecule has 2 rings (SSSR count). The molecule has 0 atom stereocenters. The van der Waals surface area contributed by atoms with E-state index in [1.165, 1.54) is 6.26 Å². The predicted octanol–water partition coefficient (Wildman–Crippen LogP) is 0.848. The quantitative estimate of drug-likeness (QED) is 0.544. The summed E-state index contributed by atoms with van der Waals surface area (Å²) in [5, 5.41) is 6.46. The zero-order valence-electron chi connectivity index (χ0n) is 10.5. The lowest BCUT2D eigenvalue weighted by atomic mass is 10.2. The Kier molecular flexibility index (Phi) is 4.09. The summed E-state index contributed by atoms with van der Waals surface area (Å²) in [6, 6.07) is 5.02. The van der Waals surface area contributed by atoms with E-state index in [1.807, 2.05) is 6.92 Å². The standard InChI is InChI=1S/C12H15N5O2/c1-2-9-5-8(6-11(15-9)16-13)12(18)14-7-10-3-4-19-17-10/h3-6H,2,7,13H2,1H3,(H,14,18)(H,15,16). The molecule has 100 valence electrons. The molecule has 4 N–H and O–H groups in total. The molecule has 0 saturated carbocycles. The predicted molar refractivity (Wildman–Crippen MR) is 69.1 cm³/mol. The molecule has 0 unspecified atom stereocenters. The number of amides is 1. The van der Waals surface area contributed by atoms with Crippen molar-refractivity contribution in [3.63, 3.8) is 0 Å². The second-order valence-electron chi connectivity index (χ2n) is 3.90. The monoisotopic (exact) mass is 261 g/mol. The van der Waals surface area contributed by atoms with Crippen molar-refractivity contribution in [2.24, 2.45) is 5.84 Å². The lowest BCUT2D eigenvalue weighted by molar-refractivity contribution is 0.0950. The summed E-state index contributed by atoms with van der Waals surface area (Å²) in [4.78, 5) is 16.2. The van der Waals surface area contributed by atoms with Gasteiger partial charge in [0, 0.05) is 17.3 Å². The Morgan fingerprint density at radius 3 is 2.89 bits per heavy atom. The van der Waals surface area contributed by atoms with Gasteiger partial charge in [0.15, 0.2) is 0 Å². The molecule has 2 aromatic heterocycles. The molecule has 7 heteroatoms. The van der Waals surface area contributed by atoms with Gasteiger partial charge in [0.25, 0.3) is 5.91 Å². The highest BCUT2D eigenvalue weighted by molar-refractivity contribution is 5.94. The van der Waals surface area contributed by atoms with E-state index in [-0.39, 0.29) is 5.91 Å². The number of aryl methyl sites for hydroxylation is 1. The van der Waals surface area contributed by atoms with Gasteiger partial charge >= 0.3 is 0 Å². The number of aromatic nitrogens is 2. The molecule has 2 aromatic rings. The van der Waals surface area contributed by atoms with Gasteiger partial charge in [0.1, 0.15) is 17.8 Å². The van der Waals surface area contributed by atoms with Crippen LogP contribution < -0.4 is 16.6 Å². The van der Waals surface area contributed by atoms with Crippen LogP contribution in [0.25, 0.3) is 0 Å². The van der Waals surface area contributed by atoms with Gasteiger partial charge < -0.3 is 15.3 Å². The highest BCUT2D eigenvalue weighted by Crippen LogP contribution is 2.10. The van der Waals surface area contributed by atoms with Gasteiger partial charge in [-0.25, -0.2) is 10.8 Å². The Bertz CT molecular complexity index is 531. The van der Waals surface area contributed by atoms with Gasteiger partial charge in [-0.05, 0) is 18.6 Å². The van der Waals surface area contributed by atoms with Crippen molar-refractivity contribution in [2.75, 3.05) is 5.43 Å². The number of carbonyl (C=O) groups excluding carboxylic acids is 1. The fourth-order valence-corrected chi connectivity index (χ4v) is 1.58. The number of hydrogen-bond acceptors (Lipinski definition) is 6. The van der Waals surface area contributed by atoms with E-state index in [0.29, 0.717) is 23.6 Å². The van der Waals surface area contributed by atoms with Crippen LogP contribution in [0.4, 0.5) is 5.82 Å². The maximum atomic E-state index is 12.0. The number of carbonyl (C=O) groups is 1. The Hall–Kier alpha value is -2.41. The third-order valence-corrected chi connectivity index (χ3v) is 2.57. The fourth-order valence-electron chi connectivity index (χ4n) is 1.58. The maximum absolute atomic E-state index is 12.0. The third-order valence-electron chi connectivity index (χ3n) is 2.57. The van der Waals surface area contributed by atoms with Gasteiger partial charge in [0.2, 0.25) is 0 Å². The molecule has 0 bridgehead atoms. The molecule has 0 aromatic carbocycles. The second kappa shape index (κ2) is 5.96. The molecule has 7 nitrogen and oxygen atoms in total. The van der Waals surface area contributed by atoms with Crippen LogP contribution in [0.15, 0.2) is 29.0 Å². The van der Waals surface area contributed by atoms with Gasteiger partial charge in [0.05, 0.1) is 6.54 Å². The maximum Gasteiger partial charge on any atom is 0.251 e. The molecule has 0 saturated heterocycles. The average Bonchev–Trinajstić information content (AvgIpc) is 2.97. The molecule has 2 heterocycles. The second-order valence-corrected chi connectivity index (χ2v) is 3.90. The zero-order chi connectivity index (χ0) is 13.7. The van der Waals surface area contributed by atoms with Crippen LogP contribution in [0.5, 0.6) is 0 Å². The van der Waals surface area contributed by atoms with Gasteiger partial charge in [-0.1, -0.05) is 12.1 Å². The van der Waals surface area contributed by atoms with Gasteiger partial charge in [-0.2, -0.15) is 0 Å². The Morgan fingerprint density at radius 1 is 1.42 bits per heavy atom. The first-order valence-corrected chi connectivity index (χ1v) is 5.88. The van der Waals surface area contributed by atoms with Crippen molar-refractivity contribution >= 4 is 11.7 Å². The van der Waals surface area contributed by atoms with Crippen LogP contribution >= 0.6 is 0 Å². The topological polar surface area (TPSA) is 106 Å². The third kappa shape index (κ3) is 3.29. The summed E-state index contributed by atoms with van der Waals surface area (Å²) < 4.78 is 4.69. The number of anilines is 1. The first-order chi connectivity index (χ1) is 9.22. The van der Waals surface area contributed by atoms with Crippen molar-refractivity contribution in [1.82, 2.24) is 15.5 Å². The summed E-state index contributed by atoms with van der Waals surface area (Å²) in [6.45, 7) is 2.27. The van der Waals surface area contributed by atoms with E-state index in [1.54, 1.807) is 18.2 Å². The minimum absolute atomic E-state index is 0.211. The largest absolute Gasteiger partial charge is 0.364 e. The Labute approximate surface area is 110 Å². The van der Waals surface area contributed by atoms with E-state index < -0.39 is 0 Å². The number of pyridine rings is 1. The van der Waals surface area contributed by atoms with Gasteiger partial charge in [-0.3, -0.25) is 4.79 Å². The SMILES string of the molecule is CCc1cc(C(=O)NCc2ccon2)cc(NN)n1. The lowest BCUT2D eigenvalue weighted by Gasteiger charge is -2.07. The molecule has 0 aliphatic rings. The number of nitrogens with zero attached hydrogens (tertiary/aromatic N) is 2. The van der Waals surface area contributed by atoms with Crippen molar-refractivity contribution in [2.45, 2.75) is 19.9 Å². The highest BCUT2D eigenvalue weighted by atomic mass is 16.5. The van der Waals surface area contributed by atoms with Crippen LogP contribution in [0.2, 0.25) is 0 Å². The summed E-state index contributed by atoms with van der Waals surface area (Å²) in [5.41, 5.74) is 4.41. The van der Waals surface area contributed by atoms with E-state index in [2.05, 4.69) is 25.4 Å².